The van der Waals surface area contributed by atoms with E-state index >= 15 is 0 Å². The number of rotatable bonds is 7. The SMILES string of the molecule is CCc1ccc(Nc2nc(N(C)c3ccc(OC(C)C)cc3)ncc2C(F)(F)F)cc1. The van der Waals surface area contributed by atoms with Gasteiger partial charge in [0.25, 0.3) is 0 Å². The van der Waals surface area contributed by atoms with E-state index in [0.29, 0.717) is 17.1 Å². The molecule has 0 unspecified atom stereocenters. The molecule has 1 aromatic heterocycles. The molecule has 8 heteroatoms. The van der Waals surface area contributed by atoms with Crippen molar-refractivity contribution in [3.8, 4) is 5.75 Å². The number of aromatic nitrogens is 2. The lowest BCUT2D eigenvalue weighted by molar-refractivity contribution is -0.137. The first kappa shape index (κ1) is 22.4. The third kappa shape index (κ3) is 5.65. The van der Waals surface area contributed by atoms with Crippen molar-refractivity contribution < 1.29 is 17.9 Å². The molecule has 0 aliphatic heterocycles. The normalized spacial score (nSPS) is 11.5. The minimum Gasteiger partial charge on any atom is -0.491 e. The fraction of sp³-hybridized carbons (Fsp3) is 0.304. The molecule has 1 heterocycles. The maximum atomic E-state index is 13.5. The number of benzene rings is 2. The van der Waals surface area contributed by atoms with E-state index in [4.69, 9.17) is 4.74 Å². The summed E-state index contributed by atoms with van der Waals surface area (Å²) in [6.07, 6.45) is -2.89. The van der Waals surface area contributed by atoms with Crippen molar-refractivity contribution >= 4 is 23.1 Å². The van der Waals surface area contributed by atoms with Crippen molar-refractivity contribution in [1.29, 1.82) is 0 Å². The lowest BCUT2D eigenvalue weighted by Crippen LogP contribution is -2.17. The van der Waals surface area contributed by atoms with E-state index in [1.54, 1.807) is 48.3 Å². The van der Waals surface area contributed by atoms with Gasteiger partial charge in [-0.05, 0) is 62.2 Å². The minimum absolute atomic E-state index is 0.0434. The van der Waals surface area contributed by atoms with E-state index in [1.165, 1.54) is 0 Å². The summed E-state index contributed by atoms with van der Waals surface area (Å²) in [6.45, 7) is 5.87. The number of ether oxygens (including phenoxy) is 1. The van der Waals surface area contributed by atoms with Crippen molar-refractivity contribution in [2.24, 2.45) is 0 Å². The molecule has 0 atom stereocenters. The summed E-state index contributed by atoms with van der Waals surface area (Å²) in [4.78, 5) is 9.74. The van der Waals surface area contributed by atoms with Crippen LogP contribution in [0.2, 0.25) is 0 Å². The highest BCUT2D eigenvalue weighted by Crippen LogP contribution is 2.36. The number of aryl methyl sites for hydroxylation is 1. The van der Waals surface area contributed by atoms with Gasteiger partial charge in [-0.1, -0.05) is 19.1 Å². The van der Waals surface area contributed by atoms with Gasteiger partial charge in [0, 0.05) is 24.6 Å². The average Bonchev–Trinajstić information content (AvgIpc) is 2.73. The molecule has 164 valence electrons. The molecule has 0 radical (unpaired) electrons. The fourth-order valence-corrected chi connectivity index (χ4v) is 2.93. The predicted octanol–water partition coefficient (Wildman–Crippen LogP) is 6.36. The molecular formula is C23H25F3N4O. The highest BCUT2D eigenvalue weighted by atomic mass is 19.4. The van der Waals surface area contributed by atoms with Crippen LogP contribution in [0.5, 0.6) is 5.75 Å². The lowest BCUT2D eigenvalue weighted by atomic mass is 10.1. The van der Waals surface area contributed by atoms with Gasteiger partial charge in [0.1, 0.15) is 17.1 Å². The second-order valence-electron chi connectivity index (χ2n) is 7.33. The Labute approximate surface area is 179 Å². The highest BCUT2D eigenvalue weighted by Gasteiger charge is 2.35. The van der Waals surface area contributed by atoms with Gasteiger partial charge in [0.05, 0.1) is 6.10 Å². The van der Waals surface area contributed by atoms with E-state index in [-0.39, 0.29) is 17.9 Å². The van der Waals surface area contributed by atoms with Gasteiger partial charge in [0.2, 0.25) is 5.95 Å². The van der Waals surface area contributed by atoms with Crippen LogP contribution in [0.4, 0.5) is 36.3 Å². The van der Waals surface area contributed by atoms with Gasteiger partial charge >= 0.3 is 6.18 Å². The average molecular weight is 430 g/mol. The van der Waals surface area contributed by atoms with Gasteiger partial charge in [-0.25, -0.2) is 4.98 Å². The molecule has 2 aromatic carbocycles. The van der Waals surface area contributed by atoms with E-state index in [9.17, 15) is 13.2 Å². The number of halogens is 3. The smallest absolute Gasteiger partial charge is 0.421 e. The van der Waals surface area contributed by atoms with E-state index < -0.39 is 11.7 Å². The number of hydrogen-bond donors (Lipinski definition) is 1. The predicted molar refractivity (Wildman–Crippen MR) is 116 cm³/mol. The van der Waals surface area contributed by atoms with Crippen LogP contribution in [0.3, 0.4) is 0 Å². The van der Waals surface area contributed by atoms with Crippen LogP contribution in [-0.4, -0.2) is 23.1 Å². The van der Waals surface area contributed by atoms with Gasteiger partial charge in [-0.3, -0.25) is 0 Å². The summed E-state index contributed by atoms with van der Waals surface area (Å²) in [5.74, 6) is 0.546. The molecule has 3 aromatic rings. The van der Waals surface area contributed by atoms with Gasteiger partial charge < -0.3 is 15.0 Å². The van der Waals surface area contributed by atoms with Crippen LogP contribution in [0.25, 0.3) is 0 Å². The Morgan fingerprint density at radius 2 is 1.68 bits per heavy atom. The summed E-state index contributed by atoms with van der Waals surface area (Å²) in [5.41, 5.74) is 1.40. The molecule has 0 amide bonds. The number of hydrogen-bond acceptors (Lipinski definition) is 5. The first-order valence-corrected chi connectivity index (χ1v) is 9.98. The third-order valence-corrected chi connectivity index (χ3v) is 4.60. The molecule has 3 rings (SSSR count). The Hall–Kier alpha value is -3.29. The molecular weight excluding hydrogens is 405 g/mol. The standard InChI is InChI=1S/C23H25F3N4O/c1-5-16-6-8-17(9-7-16)28-21-20(23(24,25)26)14-27-22(29-21)30(4)18-10-12-19(13-11-18)31-15(2)3/h6-15H,5H2,1-4H3,(H,27,28,29). The Balaban J connectivity index is 1.91. The molecule has 0 aliphatic carbocycles. The zero-order chi connectivity index (χ0) is 22.6. The van der Waals surface area contributed by atoms with Crippen LogP contribution in [0.1, 0.15) is 31.9 Å². The lowest BCUT2D eigenvalue weighted by Gasteiger charge is -2.20. The van der Waals surface area contributed by atoms with Crippen LogP contribution >= 0.6 is 0 Å². The maximum Gasteiger partial charge on any atom is 0.421 e. The van der Waals surface area contributed by atoms with Crippen LogP contribution in [-0.2, 0) is 12.6 Å². The summed E-state index contributed by atoms with van der Waals surface area (Å²) >= 11 is 0. The Kier molecular flexibility index (Phi) is 6.68. The molecule has 1 N–H and O–H groups in total. The van der Waals surface area contributed by atoms with Gasteiger partial charge in [-0.15, -0.1) is 0 Å². The van der Waals surface area contributed by atoms with Crippen molar-refractivity contribution in [3.63, 3.8) is 0 Å². The van der Waals surface area contributed by atoms with E-state index in [0.717, 1.165) is 18.2 Å². The van der Waals surface area contributed by atoms with Crippen molar-refractivity contribution in [2.75, 3.05) is 17.3 Å². The largest absolute Gasteiger partial charge is 0.491 e. The molecule has 0 saturated heterocycles. The van der Waals surface area contributed by atoms with E-state index in [2.05, 4.69) is 15.3 Å². The van der Waals surface area contributed by atoms with Crippen LogP contribution in [0.15, 0.2) is 54.7 Å². The summed E-state index contributed by atoms with van der Waals surface area (Å²) in [6, 6.07) is 14.4. The summed E-state index contributed by atoms with van der Waals surface area (Å²) < 4.78 is 46.2. The number of alkyl halides is 3. The van der Waals surface area contributed by atoms with Crippen molar-refractivity contribution in [1.82, 2.24) is 9.97 Å². The Morgan fingerprint density at radius 3 is 2.23 bits per heavy atom. The Morgan fingerprint density at radius 1 is 1.03 bits per heavy atom. The van der Waals surface area contributed by atoms with Crippen molar-refractivity contribution in [2.45, 2.75) is 39.5 Å². The monoisotopic (exact) mass is 430 g/mol. The molecule has 0 bridgehead atoms. The second-order valence-corrected chi connectivity index (χ2v) is 7.33. The first-order chi connectivity index (χ1) is 14.7. The third-order valence-electron chi connectivity index (χ3n) is 4.60. The quantitative estimate of drug-likeness (QED) is 0.473. The molecule has 0 spiro atoms. The minimum atomic E-state index is -4.58. The van der Waals surface area contributed by atoms with Gasteiger partial charge in [-0.2, -0.15) is 18.2 Å². The fourth-order valence-electron chi connectivity index (χ4n) is 2.93. The number of nitrogens with zero attached hydrogens (tertiary/aromatic N) is 3. The first-order valence-electron chi connectivity index (χ1n) is 9.98. The topological polar surface area (TPSA) is 50.3 Å². The number of nitrogens with one attached hydrogen (secondary N) is 1. The van der Waals surface area contributed by atoms with Crippen LogP contribution in [0, 0.1) is 0 Å². The number of anilines is 4. The second kappa shape index (κ2) is 9.24. The van der Waals surface area contributed by atoms with Crippen molar-refractivity contribution in [3.05, 3.63) is 65.9 Å². The molecule has 31 heavy (non-hydrogen) atoms. The zero-order valence-electron chi connectivity index (χ0n) is 17.9. The van der Waals surface area contributed by atoms with Gasteiger partial charge in [0.15, 0.2) is 0 Å². The van der Waals surface area contributed by atoms with E-state index in [1.807, 2.05) is 32.9 Å². The maximum absolute atomic E-state index is 13.5. The zero-order valence-corrected chi connectivity index (χ0v) is 17.9. The molecule has 0 saturated carbocycles. The molecule has 5 nitrogen and oxygen atoms in total. The summed E-state index contributed by atoms with van der Waals surface area (Å²) in [5, 5.41) is 2.79. The van der Waals surface area contributed by atoms with Crippen LogP contribution < -0.4 is 15.0 Å². The highest BCUT2D eigenvalue weighted by molar-refractivity contribution is 5.64. The Bertz CT molecular complexity index is 1000. The molecule has 0 fully saturated rings. The molecule has 0 aliphatic rings. The summed E-state index contributed by atoms with van der Waals surface area (Å²) in [7, 11) is 1.70.